The van der Waals surface area contributed by atoms with Crippen molar-refractivity contribution < 1.29 is 14.0 Å². The van der Waals surface area contributed by atoms with Gasteiger partial charge in [-0.05, 0) is 29.8 Å². The van der Waals surface area contributed by atoms with Crippen molar-refractivity contribution in [2.45, 2.75) is 13.0 Å². The van der Waals surface area contributed by atoms with Crippen LogP contribution in [0.5, 0.6) is 0 Å². The van der Waals surface area contributed by atoms with Gasteiger partial charge in [0.05, 0.1) is 10.7 Å². The molecule has 2 N–H and O–H groups in total. The Labute approximate surface area is 156 Å². The fourth-order valence-electron chi connectivity index (χ4n) is 2.92. The minimum absolute atomic E-state index is 0.0348. The molecule has 1 heterocycles. The van der Waals surface area contributed by atoms with Gasteiger partial charge in [-0.1, -0.05) is 35.9 Å². The number of benzene rings is 2. The van der Waals surface area contributed by atoms with E-state index in [4.69, 9.17) is 11.6 Å². The number of rotatable bonds is 5. The topological polar surface area (TPSA) is 61.4 Å². The molecule has 0 bridgehead atoms. The van der Waals surface area contributed by atoms with E-state index in [9.17, 15) is 14.0 Å². The fourth-order valence-corrected chi connectivity index (χ4v) is 3.10. The predicted molar refractivity (Wildman–Crippen MR) is 98.4 cm³/mol. The first-order chi connectivity index (χ1) is 12.5. The molecule has 0 spiro atoms. The molecule has 0 saturated carbocycles. The van der Waals surface area contributed by atoms with Gasteiger partial charge in [-0.3, -0.25) is 4.79 Å². The van der Waals surface area contributed by atoms with Crippen molar-refractivity contribution in [1.29, 1.82) is 0 Å². The van der Waals surface area contributed by atoms with Crippen LogP contribution in [0.3, 0.4) is 0 Å². The highest BCUT2D eigenvalue weighted by Crippen LogP contribution is 2.21. The Balaban J connectivity index is 1.47. The lowest BCUT2D eigenvalue weighted by atomic mass is 10.1. The number of hydrogen-bond donors (Lipinski definition) is 2. The zero-order valence-corrected chi connectivity index (χ0v) is 14.8. The summed E-state index contributed by atoms with van der Waals surface area (Å²) in [7, 11) is 0. The molecule has 0 aromatic heterocycles. The molecule has 1 atom stereocenters. The van der Waals surface area contributed by atoms with Gasteiger partial charge in [-0.25, -0.2) is 9.18 Å². The van der Waals surface area contributed by atoms with Crippen LogP contribution in [0.15, 0.2) is 48.5 Å². The van der Waals surface area contributed by atoms with Gasteiger partial charge >= 0.3 is 6.03 Å². The van der Waals surface area contributed by atoms with Crippen LogP contribution in [-0.2, 0) is 11.3 Å². The van der Waals surface area contributed by atoms with E-state index in [1.54, 1.807) is 41.3 Å². The predicted octanol–water partition coefficient (Wildman–Crippen LogP) is 3.65. The van der Waals surface area contributed by atoms with Crippen LogP contribution in [-0.4, -0.2) is 29.9 Å². The van der Waals surface area contributed by atoms with Gasteiger partial charge in [-0.2, -0.15) is 0 Å². The molecule has 0 unspecified atom stereocenters. The Morgan fingerprint density at radius 2 is 1.92 bits per heavy atom. The van der Waals surface area contributed by atoms with Gasteiger partial charge in [0.1, 0.15) is 5.82 Å². The van der Waals surface area contributed by atoms with Crippen LogP contribution >= 0.6 is 11.6 Å². The number of halogens is 2. The van der Waals surface area contributed by atoms with Gasteiger partial charge in [0.2, 0.25) is 5.91 Å². The van der Waals surface area contributed by atoms with Crippen molar-refractivity contribution in [3.05, 3.63) is 64.9 Å². The summed E-state index contributed by atoms with van der Waals surface area (Å²) < 4.78 is 13.0. The molecule has 1 saturated heterocycles. The maximum absolute atomic E-state index is 13.0. The molecule has 1 aliphatic heterocycles. The molecule has 5 nitrogen and oxygen atoms in total. The summed E-state index contributed by atoms with van der Waals surface area (Å²) in [5.74, 6) is -0.222. The molecule has 3 amide bonds. The van der Waals surface area contributed by atoms with Gasteiger partial charge < -0.3 is 15.5 Å². The number of carbonyl (C=O) groups excluding carboxylic acids is 2. The molecule has 0 aliphatic carbocycles. The summed E-state index contributed by atoms with van der Waals surface area (Å²) in [6.07, 6.45) is 0.383. The maximum Gasteiger partial charge on any atom is 0.319 e. The lowest BCUT2D eigenvalue weighted by molar-refractivity contribution is -0.128. The third-order valence-corrected chi connectivity index (χ3v) is 4.58. The number of hydrogen-bond acceptors (Lipinski definition) is 2. The minimum atomic E-state index is -0.359. The minimum Gasteiger partial charge on any atom is -0.338 e. The lowest BCUT2D eigenvalue weighted by Gasteiger charge is -2.17. The lowest BCUT2D eigenvalue weighted by Crippen LogP contribution is -2.34. The zero-order chi connectivity index (χ0) is 18.5. The molecule has 0 radical (unpaired) electrons. The number of anilines is 1. The summed E-state index contributed by atoms with van der Waals surface area (Å²) in [5.41, 5.74) is 1.41. The van der Waals surface area contributed by atoms with Gasteiger partial charge in [-0.15, -0.1) is 0 Å². The van der Waals surface area contributed by atoms with Crippen molar-refractivity contribution in [3.8, 4) is 0 Å². The first-order valence-electron chi connectivity index (χ1n) is 8.33. The van der Waals surface area contributed by atoms with E-state index in [2.05, 4.69) is 10.6 Å². The molecule has 2 aromatic carbocycles. The highest BCUT2D eigenvalue weighted by atomic mass is 35.5. The summed E-state index contributed by atoms with van der Waals surface area (Å²) in [6.45, 7) is 1.39. The highest BCUT2D eigenvalue weighted by Gasteiger charge is 2.29. The van der Waals surface area contributed by atoms with Crippen LogP contribution in [0.25, 0.3) is 0 Å². The van der Waals surface area contributed by atoms with Crippen molar-refractivity contribution >= 4 is 29.2 Å². The van der Waals surface area contributed by atoms with Crippen LogP contribution in [0, 0.1) is 11.7 Å². The number of amides is 3. The summed E-state index contributed by atoms with van der Waals surface area (Å²) in [4.78, 5) is 25.9. The van der Waals surface area contributed by atoms with Crippen molar-refractivity contribution in [2.75, 3.05) is 18.4 Å². The zero-order valence-electron chi connectivity index (χ0n) is 14.0. The van der Waals surface area contributed by atoms with E-state index in [-0.39, 0.29) is 23.7 Å². The van der Waals surface area contributed by atoms with E-state index in [0.29, 0.717) is 36.8 Å². The number of likely N-dealkylation sites (tertiary alicyclic amines) is 1. The molecule has 1 fully saturated rings. The number of urea groups is 1. The second-order valence-corrected chi connectivity index (χ2v) is 6.69. The molecule has 136 valence electrons. The molecular formula is C19H19ClFN3O2. The third kappa shape index (κ3) is 4.73. The fraction of sp³-hybridized carbons (Fsp3) is 0.263. The van der Waals surface area contributed by atoms with Gasteiger partial charge in [0.25, 0.3) is 0 Å². The second kappa shape index (κ2) is 8.19. The largest absolute Gasteiger partial charge is 0.338 e. The molecular weight excluding hydrogens is 357 g/mol. The number of para-hydroxylation sites is 1. The SMILES string of the molecule is O=C(NC[C@@H]1CC(=O)N(Cc2ccc(F)cc2)C1)Nc1ccccc1Cl. The number of nitrogens with one attached hydrogen (secondary N) is 2. The van der Waals surface area contributed by atoms with Crippen molar-refractivity contribution in [2.24, 2.45) is 5.92 Å². The number of carbonyl (C=O) groups is 2. The Morgan fingerprint density at radius 3 is 2.65 bits per heavy atom. The molecule has 2 aromatic rings. The molecule has 1 aliphatic rings. The average Bonchev–Trinajstić information content (AvgIpc) is 2.97. The first-order valence-corrected chi connectivity index (χ1v) is 8.70. The van der Waals surface area contributed by atoms with Crippen molar-refractivity contribution in [3.63, 3.8) is 0 Å². The highest BCUT2D eigenvalue weighted by molar-refractivity contribution is 6.33. The average molecular weight is 376 g/mol. The molecule has 3 rings (SSSR count). The van der Waals surface area contributed by atoms with Crippen molar-refractivity contribution in [1.82, 2.24) is 10.2 Å². The van der Waals surface area contributed by atoms with E-state index in [1.807, 2.05) is 0 Å². The van der Waals surface area contributed by atoms with Gasteiger partial charge in [0, 0.05) is 32.0 Å². The Kier molecular flexibility index (Phi) is 5.73. The van der Waals surface area contributed by atoms with E-state index >= 15 is 0 Å². The Hall–Kier alpha value is -2.60. The van der Waals surface area contributed by atoms with Crippen LogP contribution in [0.2, 0.25) is 5.02 Å². The second-order valence-electron chi connectivity index (χ2n) is 6.29. The Bertz CT molecular complexity index is 798. The third-order valence-electron chi connectivity index (χ3n) is 4.25. The molecule has 7 heteroatoms. The van der Waals surface area contributed by atoms with E-state index in [0.717, 1.165) is 5.56 Å². The molecule has 26 heavy (non-hydrogen) atoms. The van der Waals surface area contributed by atoms with Crippen LogP contribution < -0.4 is 10.6 Å². The Morgan fingerprint density at radius 1 is 1.19 bits per heavy atom. The maximum atomic E-state index is 13.0. The summed E-state index contributed by atoms with van der Waals surface area (Å²) >= 11 is 6.00. The normalized spacial score (nSPS) is 16.6. The number of nitrogens with zero attached hydrogens (tertiary/aromatic N) is 1. The van der Waals surface area contributed by atoms with Crippen LogP contribution in [0.4, 0.5) is 14.9 Å². The smallest absolute Gasteiger partial charge is 0.319 e. The van der Waals surface area contributed by atoms with Gasteiger partial charge in [0.15, 0.2) is 0 Å². The van der Waals surface area contributed by atoms with Crippen LogP contribution in [0.1, 0.15) is 12.0 Å². The monoisotopic (exact) mass is 375 g/mol. The van der Waals surface area contributed by atoms with E-state index < -0.39 is 0 Å². The quantitative estimate of drug-likeness (QED) is 0.838. The first kappa shape index (κ1) is 18.2. The van der Waals surface area contributed by atoms with E-state index in [1.165, 1.54) is 12.1 Å². The summed E-state index contributed by atoms with van der Waals surface area (Å²) in [6, 6.07) is 12.7. The summed E-state index contributed by atoms with van der Waals surface area (Å²) in [5, 5.41) is 5.92. The standard InChI is InChI=1S/C19H19ClFN3O2/c20-16-3-1-2-4-17(16)23-19(26)22-10-14-9-18(25)24(12-14)11-13-5-7-15(21)8-6-13/h1-8,14H,9-12H2,(H2,22,23,26)/t14-/m0/s1.